The average Bonchev–Trinajstić information content (AvgIpc) is 3.46. The van der Waals surface area contributed by atoms with Crippen LogP contribution in [0.15, 0.2) is 94.6 Å². The second-order valence-electron chi connectivity index (χ2n) is 8.43. The van der Waals surface area contributed by atoms with Crippen molar-refractivity contribution in [1.82, 2.24) is 0 Å². The number of rotatable bonds is 8. The number of nitrogens with zero attached hydrogens (tertiary/aromatic N) is 1. The Hall–Kier alpha value is -4.52. The fraction of sp³-hybridized carbons (Fsp3) is 0.172. The predicted molar refractivity (Wildman–Crippen MR) is 136 cm³/mol. The fourth-order valence-corrected chi connectivity index (χ4v) is 4.35. The Balaban J connectivity index is 1.60. The predicted octanol–water partition coefficient (Wildman–Crippen LogP) is 6.01. The summed E-state index contributed by atoms with van der Waals surface area (Å²) < 4.78 is 16.7. The van der Waals surface area contributed by atoms with Crippen LogP contribution in [0.4, 0.5) is 5.69 Å². The molecule has 0 radical (unpaired) electrons. The molecule has 1 N–H and O–H groups in total. The zero-order chi connectivity index (χ0) is 25.2. The van der Waals surface area contributed by atoms with E-state index in [0.717, 1.165) is 11.8 Å². The molecule has 5 rings (SSSR count). The van der Waals surface area contributed by atoms with Crippen molar-refractivity contribution >= 4 is 28.3 Å². The molecular weight excluding hydrogens is 458 g/mol. The number of furan rings is 1. The van der Waals surface area contributed by atoms with Crippen LogP contribution in [0.25, 0.3) is 11.0 Å². The van der Waals surface area contributed by atoms with Gasteiger partial charge in [0.05, 0.1) is 25.3 Å². The normalized spacial score (nSPS) is 15.6. The van der Waals surface area contributed by atoms with E-state index in [4.69, 9.17) is 13.9 Å². The van der Waals surface area contributed by atoms with E-state index < -0.39 is 23.5 Å². The van der Waals surface area contributed by atoms with Crippen LogP contribution in [0.3, 0.4) is 0 Å². The van der Waals surface area contributed by atoms with E-state index in [2.05, 4.69) is 0 Å². The van der Waals surface area contributed by atoms with Crippen LogP contribution in [0, 0.1) is 0 Å². The molecule has 1 aliphatic rings. The summed E-state index contributed by atoms with van der Waals surface area (Å²) in [5.41, 5.74) is 1.66. The first-order chi connectivity index (χ1) is 17.5. The summed E-state index contributed by atoms with van der Waals surface area (Å²) >= 11 is 0. The summed E-state index contributed by atoms with van der Waals surface area (Å²) in [5, 5.41) is 11.7. The minimum atomic E-state index is -0.869. The van der Waals surface area contributed by atoms with E-state index in [1.54, 1.807) is 67.8 Å². The van der Waals surface area contributed by atoms with Crippen molar-refractivity contribution in [3.8, 4) is 11.5 Å². The van der Waals surface area contributed by atoms with Gasteiger partial charge in [0.2, 0.25) is 5.78 Å². The number of ketones is 1. The van der Waals surface area contributed by atoms with Gasteiger partial charge < -0.3 is 19.0 Å². The van der Waals surface area contributed by atoms with Crippen molar-refractivity contribution in [2.45, 2.75) is 19.4 Å². The van der Waals surface area contributed by atoms with Gasteiger partial charge in [-0.3, -0.25) is 14.5 Å². The van der Waals surface area contributed by atoms with Crippen LogP contribution in [-0.2, 0) is 4.79 Å². The van der Waals surface area contributed by atoms with E-state index >= 15 is 0 Å². The molecule has 0 aliphatic carbocycles. The van der Waals surface area contributed by atoms with Crippen molar-refractivity contribution in [2.24, 2.45) is 0 Å². The van der Waals surface area contributed by atoms with Gasteiger partial charge in [0.15, 0.2) is 11.5 Å². The highest BCUT2D eigenvalue weighted by atomic mass is 16.5. The monoisotopic (exact) mass is 483 g/mol. The Morgan fingerprint density at radius 3 is 2.36 bits per heavy atom. The molecule has 1 amide bonds. The molecule has 182 valence electrons. The minimum Gasteiger partial charge on any atom is -0.503 e. The summed E-state index contributed by atoms with van der Waals surface area (Å²) in [5.74, 6) is -0.475. The first-order valence-electron chi connectivity index (χ1n) is 11.7. The molecule has 36 heavy (non-hydrogen) atoms. The quantitative estimate of drug-likeness (QED) is 0.309. The number of aliphatic hydroxyl groups is 1. The number of benzene rings is 3. The molecule has 1 atom stereocenters. The van der Waals surface area contributed by atoms with E-state index in [1.165, 1.54) is 4.90 Å². The van der Waals surface area contributed by atoms with Gasteiger partial charge in [0.1, 0.15) is 17.1 Å². The van der Waals surface area contributed by atoms with Crippen molar-refractivity contribution in [2.75, 3.05) is 18.6 Å². The highest BCUT2D eigenvalue weighted by Gasteiger charge is 2.45. The standard InChI is InChI=1S/C29H25NO6/c1-3-16-35-22-12-8-18(9-13-22)26-25(27(31)24-17-19-6-4-5-7-23(19)36-24)28(32)29(33)30(26)20-10-14-21(34-2)15-11-20/h4-15,17,26,32H,3,16H2,1-2H3. The largest absolute Gasteiger partial charge is 0.503 e. The molecule has 7 heteroatoms. The molecule has 1 unspecified atom stereocenters. The van der Waals surface area contributed by atoms with Crippen LogP contribution in [0.5, 0.6) is 11.5 Å². The van der Waals surface area contributed by atoms with Crippen LogP contribution >= 0.6 is 0 Å². The number of hydrogen-bond acceptors (Lipinski definition) is 6. The van der Waals surface area contributed by atoms with Crippen LogP contribution in [0.2, 0.25) is 0 Å². The van der Waals surface area contributed by atoms with Crippen LogP contribution in [-0.4, -0.2) is 30.5 Å². The van der Waals surface area contributed by atoms with E-state index in [1.807, 2.05) is 25.1 Å². The Morgan fingerprint density at radius 2 is 1.69 bits per heavy atom. The van der Waals surface area contributed by atoms with E-state index in [-0.39, 0.29) is 11.3 Å². The first-order valence-corrected chi connectivity index (χ1v) is 11.7. The zero-order valence-electron chi connectivity index (χ0n) is 19.9. The number of hydrogen-bond donors (Lipinski definition) is 1. The van der Waals surface area contributed by atoms with Gasteiger partial charge in [-0.25, -0.2) is 0 Å². The number of Topliss-reactive ketones (excluding diaryl/α,β-unsaturated/α-hetero) is 1. The van der Waals surface area contributed by atoms with Gasteiger partial charge >= 0.3 is 0 Å². The molecule has 0 spiro atoms. The second kappa shape index (κ2) is 9.62. The van der Waals surface area contributed by atoms with Crippen molar-refractivity contribution in [3.63, 3.8) is 0 Å². The molecule has 7 nitrogen and oxygen atoms in total. The highest BCUT2D eigenvalue weighted by Crippen LogP contribution is 2.43. The van der Waals surface area contributed by atoms with E-state index in [0.29, 0.717) is 34.9 Å². The third-order valence-corrected chi connectivity index (χ3v) is 6.12. The molecule has 2 heterocycles. The lowest BCUT2D eigenvalue weighted by Gasteiger charge is -2.27. The van der Waals surface area contributed by atoms with Crippen molar-refractivity contribution in [1.29, 1.82) is 0 Å². The SMILES string of the molecule is CCCOc1ccc(C2C(C(=O)c3cc4ccccc4o3)=C(O)C(=O)N2c2ccc(OC)cc2)cc1. The Morgan fingerprint density at radius 1 is 1.00 bits per heavy atom. The molecule has 0 fully saturated rings. The maximum absolute atomic E-state index is 13.7. The van der Waals surface area contributed by atoms with Crippen molar-refractivity contribution in [3.05, 3.63) is 102 Å². The van der Waals surface area contributed by atoms with Gasteiger partial charge in [-0.2, -0.15) is 0 Å². The smallest absolute Gasteiger partial charge is 0.294 e. The Kier molecular flexibility index (Phi) is 6.21. The highest BCUT2D eigenvalue weighted by molar-refractivity contribution is 6.20. The van der Waals surface area contributed by atoms with Gasteiger partial charge in [0.25, 0.3) is 5.91 Å². The number of carbonyl (C=O) groups is 2. The number of amides is 1. The molecule has 1 aromatic heterocycles. The summed E-state index contributed by atoms with van der Waals surface area (Å²) in [6, 6.07) is 22.0. The Bertz CT molecular complexity index is 1420. The van der Waals surface area contributed by atoms with Gasteiger partial charge in [0, 0.05) is 11.1 Å². The second-order valence-corrected chi connectivity index (χ2v) is 8.43. The van der Waals surface area contributed by atoms with Crippen LogP contribution < -0.4 is 14.4 Å². The van der Waals surface area contributed by atoms with Gasteiger partial charge in [-0.1, -0.05) is 37.3 Å². The molecule has 4 aromatic rings. The summed E-state index contributed by atoms with van der Waals surface area (Å²) in [7, 11) is 1.55. The first kappa shape index (κ1) is 23.2. The minimum absolute atomic E-state index is 0.0444. The average molecular weight is 484 g/mol. The molecule has 0 saturated carbocycles. The summed E-state index contributed by atoms with van der Waals surface area (Å²) in [6.07, 6.45) is 0.872. The summed E-state index contributed by atoms with van der Waals surface area (Å²) in [4.78, 5) is 28.5. The number of aliphatic hydroxyl groups excluding tert-OH is 1. The number of para-hydroxylation sites is 1. The zero-order valence-corrected chi connectivity index (χ0v) is 19.9. The molecule has 3 aromatic carbocycles. The number of ether oxygens (including phenoxy) is 2. The lowest BCUT2D eigenvalue weighted by molar-refractivity contribution is -0.117. The summed E-state index contributed by atoms with van der Waals surface area (Å²) in [6.45, 7) is 2.60. The molecule has 0 bridgehead atoms. The fourth-order valence-electron chi connectivity index (χ4n) is 4.35. The number of methoxy groups -OCH3 is 1. The topological polar surface area (TPSA) is 89.2 Å². The maximum atomic E-state index is 13.7. The third-order valence-electron chi connectivity index (χ3n) is 6.12. The van der Waals surface area contributed by atoms with E-state index in [9.17, 15) is 14.7 Å². The number of fused-ring (bicyclic) bond motifs is 1. The lowest BCUT2D eigenvalue weighted by Crippen LogP contribution is -2.31. The number of anilines is 1. The Labute approximate surface area is 208 Å². The third kappa shape index (κ3) is 4.09. The van der Waals surface area contributed by atoms with Gasteiger partial charge in [-0.05, 0) is 60.5 Å². The molecule has 1 aliphatic heterocycles. The van der Waals surface area contributed by atoms with Crippen molar-refractivity contribution < 1.29 is 28.6 Å². The lowest BCUT2D eigenvalue weighted by atomic mass is 9.94. The van der Waals surface area contributed by atoms with Gasteiger partial charge in [-0.15, -0.1) is 0 Å². The molecule has 0 saturated heterocycles. The number of carbonyl (C=O) groups excluding carboxylic acids is 2. The molecular formula is C29H25NO6. The van der Waals surface area contributed by atoms with Crippen LogP contribution in [0.1, 0.15) is 35.5 Å². The maximum Gasteiger partial charge on any atom is 0.294 e.